The number of benzene rings is 2. The molecule has 2 amide bonds. The second-order valence-corrected chi connectivity index (χ2v) is 10.4. The van der Waals surface area contributed by atoms with Crippen molar-refractivity contribution in [3.63, 3.8) is 0 Å². The third-order valence-corrected chi connectivity index (χ3v) is 7.10. The van der Waals surface area contributed by atoms with Crippen molar-refractivity contribution in [2.45, 2.75) is 45.6 Å². The predicted octanol–water partition coefficient (Wildman–Crippen LogP) is 5.00. The number of amides is 2. The van der Waals surface area contributed by atoms with Crippen molar-refractivity contribution in [2.75, 3.05) is 25.6 Å². The van der Waals surface area contributed by atoms with E-state index < -0.39 is 18.0 Å². The second kappa shape index (κ2) is 16.6. The molecule has 0 fully saturated rings. The van der Waals surface area contributed by atoms with Crippen LogP contribution >= 0.6 is 0 Å². The van der Waals surface area contributed by atoms with Gasteiger partial charge >= 0.3 is 12.1 Å². The van der Waals surface area contributed by atoms with Crippen molar-refractivity contribution in [3.05, 3.63) is 83.8 Å². The number of carbonyl (C=O) groups excluding carboxylic acids is 3. The van der Waals surface area contributed by atoms with E-state index in [4.69, 9.17) is 25.0 Å². The molecule has 2 aromatic carbocycles. The fraction of sp³-hybridized carbons (Fsp3) is 0.333. The quantitative estimate of drug-likeness (QED) is 0.0601. The number of aryl methyl sites for hydroxylation is 1. The van der Waals surface area contributed by atoms with Gasteiger partial charge in [0.25, 0.3) is 5.91 Å². The number of carbonyl (C=O) groups is 3. The third kappa shape index (κ3) is 9.27. The molecular weight excluding hydrogens is 590 g/mol. The lowest BCUT2D eigenvalue weighted by Gasteiger charge is -2.21. The summed E-state index contributed by atoms with van der Waals surface area (Å²) in [5.41, 5.74) is 9.20. The molecule has 0 saturated heterocycles. The van der Waals surface area contributed by atoms with Gasteiger partial charge in [0.2, 0.25) is 5.88 Å². The lowest BCUT2D eigenvalue weighted by atomic mass is 10.2. The van der Waals surface area contributed by atoms with E-state index in [0.717, 1.165) is 47.8 Å². The molecule has 13 nitrogen and oxygen atoms in total. The first-order valence-electron chi connectivity index (χ1n) is 15.1. The number of anilines is 1. The Hall–Kier alpha value is -5.46. The number of amidine groups is 1. The van der Waals surface area contributed by atoms with Gasteiger partial charge in [0, 0.05) is 36.1 Å². The average molecular weight is 630 g/mol. The molecule has 3 N–H and O–H groups in total. The van der Waals surface area contributed by atoms with E-state index >= 15 is 0 Å². The molecule has 0 saturated carbocycles. The van der Waals surface area contributed by atoms with E-state index in [-0.39, 0.29) is 24.7 Å². The number of methoxy groups -OCH3 is 1. The molecule has 0 aliphatic carbocycles. The van der Waals surface area contributed by atoms with Crippen molar-refractivity contribution in [1.82, 2.24) is 19.6 Å². The zero-order valence-electron chi connectivity index (χ0n) is 26.3. The molecule has 0 unspecified atom stereocenters. The molecule has 46 heavy (non-hydrogen) atoms. The van der Waals surface area contributed by atoms with Crippen LogP contribution in [0.4, 0.5) is 10.5 Å². The lowest BCUT2D eigenvalue weighted by Crippen LogP contribution is -2.36. The Morgan fingerprint density at radius 2 is 1.80 bits per heavy atom. The minimum Gasteiger partial charge on any atom is -0.469 e. The van der Waals surface area contributed by atoms with Gasteiger partial charge in [0.1, 0.15) is 11.7 Å². The summed E-state index contributed by atoms with van der Waals surface area (Å²) < 4.78 is 11.8. The highest BCUT2D eigenvalue weighted by atomic mass is 16.7. The first kappa shape index (κ1) is 33.4. The van der Waals surface area contributed by atoms with Gasteiger partial charge < -0.3 is 29.9 Å². The molecule has 0 aliphatic rings. The molecule has 0 atom stereocenters. The van der Waals surface area contributed by atoms with Crippen molar-refractivity contribution < 1.29 is 28.7 Å². The van der Waals surface area contributed by atoms with E-state index in [9.17, 15) is 14.4 Å². The number of nitrogens with zero attached hydrogens (tertiary/aromatic N) is 5. The zero-order valence-corrected chi connectivity index (χ0v) is 26.3. The number of aromatic nitrogens is 3. The zero-order chi connectivity index (χ0) is 32.9. The predicted molar refractivity (Wildman–Crippen MR) is 173 cm³/mol. The average Bonchev–Trinajstić information content (AvgIpc) is 3.39. The first-order valence-corrected chi connectivity index (χ1v) is 15.1. The van der Waals surface area contributed by atoms with Gasteiger partial charge in [-0.1, -0.05) is 32.3 Å². The SMILES string of the molecule is CCCCCCOC(=O)/N=C(/N)c1ccc(NCc2nc3cc(C(=O)N(CCC(=O)OC)Oc4ccccn4)ccc3n2C)cc1. The molecule has 4 rings (SSSR count). The highest BCUT2D eigenvalue weighted by molar-refractivity contribution is 6.03. The van der Waals surface area contributed by atoms with E-state index in [1.807, 2.05) is 29.8 Å². The maximum absolute atomic E-state index is 13.4. The van der Waals surface area contributed by atoms with Crippen molar-refractivity contribution in [3.8, 4) is 5.88 Å². The highest BCUT2D eigenvalue weighted by Crippen LogP contribution is 2.20. The summed E-state index contributed by atoms with van der Waals surface area (Å²) in [7, 11) is 3.18. The second-order valence-electron chi connectivity index (χ2n) is 10.4. The van der Waals surface area contributed by atoms with Crippen LogP contribution in [0.5, 0.6) is 5.88 Å². The minimum absolute atomic E-state index is 0.0307. The van der Waals surface area contributed by atoms with Crippen LogP contribution < -0.4 is 15.9 Å². The van der Waals surface area contributed by atoms with Crippen molar-refractivity contribution in [2.24, 2.45) is 17.8 Å². The topological polar surface area (TPSA) is 163 Å². The van der Waals surface area contributed by atoms with Gasteiger partial charge in [-0.15, -0.1) is 0 Å². The number of hydroxylamine groups is 2. The van der Waals surface area contributed by atoms with Crippen molar-refractivity contribution >= 4 is 40.5 Å². The smallest absolute Gasteiger partial charge is 0.435 e. The number of pyridine rings is 1. The van der Waals surface area contributed by atoms with Crippen LogP contribution in [0.2, 0.25) is 0 Å². The van der Waals surface area contributed by atoms with Crippen LogP contribution in [0.15, 0.2) is 71.9 Å². The summed E-state index contributed by atoms with van der Waals surface area (Å²) in [4.78, 5) is 55.6. The standard InChI is InChI=1S/C33H39N7O6/c1-4-5-6-9-20-45-33(43)38-31(34)23-11-14-25(15-12-23)36-22-28-37-26-21-24(13-16-27(26)39(28)2)32(42)40(19-17-30(41)44-3)46-29-10-7-8-18-35-29/h7-8,10-16,18,21,36H,4-6,9,17,19-20,22H2,1-3H3,(H2,34,38,43). The summed E-state index contributed by atoms with van der Waals surface area (Å²) in [6.45, 7) is 2.81. The third-order valence-electron chi connectivity index (χ3n) is 7.10. The van der Waals surface area contributed by atoms with Gasteiger partial charge in [-0.3, -0.25) is 9.59 Å². The molecule has 2 heterocycles. The normalized spacial score (nSPS) is 11.2. The largest absolute Gasteiger partial charge is 0.469 e. The Morgan fingerprint density at radius 1 is 1.02 bits per heavy atom. The Balaban J connectivity index is 1.40. The maximum Gasteiger partial charge on any atom is 0.435 e. The highest BCUT2D eigenvalue weighted by Gasteiger charge is 2.21. The fourth-order valence-electron chi connectivity index (χ4n) is 4.51. The van der Waals surface area contributed by atoms with Gasteiger partial charge in [-0.2, -0.15) is 10.1 Å². The van der Waals surface area contributed by atoms with Crippen LogP contribution in [-0.4, -0.2) is 63.7 Å². The Bertz CT molecular complexity index is 1650. The van der Waals surface area contributed by atoms with E-state index in [1.54, 1.807) is 48.7 Å². The van der Waals surface area contributed by atoms with Crippen LogP contribution in [0.25, 0.3) is 11.0 Å². The number of ether oxygens (including phenoxy) is 2. The number of nitrogens with two attached hydrogens (primary N) is 1. The molecule has 0 bridgehead atoms. The molecule has 0 spiro atoms. The van der Waals surface area contributed by atoms with Crippen LogP contribution in [0.3, 0.4) is 0 Å². The summed E-state index contributed by atoms with van der Waals surface area (Å²) in [5.74, 6) is 0.106. The number of esters is 1. The monoisotopic (exact) mass is 629 g/mol. The Morgan fingerprint density at radius 3 is 2.52 bits per heavy atom. The lowest BCUT2D eigenvalue weighted by molar-refractivity contribution is -0.142. The number of rotatable bonds is 15. The number of nitrogens with one attached hydrogen (secondary N) is 1. The number of imidazole rings is 1. The maximum atomic E-state index is 13.4. The molecule has 2 aromatic heterocycles. The van der Waals surface area contributed by atoms with Gasteiger partial charge in [0.15, 0.2) is 0 Å². The number of unbranched alkanes of at least 4 members (excludes halogenated alkanes) is 3. The number of fused-ring (bicyclic) bond motifs is 1. The fourth-order valence-corrected chi connectivity index (χ4v) is 4.51. The molecule has 0 aliphatic heterocycles. The van der Waals surface area contributed by atoms with Crippen molar-refractivity contribution in [1.29, 1.82) is 0 Å². The Kier molecular flexibility index (Phi) is 12.0. The summed E-state index contributed by atoms with van der Waals surface area (Å²) in [6, 6.07) is 17.4. The molecule has 4 aromatic rings. The van der Waals surface area contributed by atoms with Crippen LogP contribution in [-0.2, 0) is 27.9 Å². The van der Waals surface area contributed by atoms with E-state index in [1.165, 1.54) is 7.11 Å². The number of aliphatic imine (C=N–C) groups is 1. The number of hydrogen-bond donors (Lipinski definition) is 2. The van der Waals surface area contributed by atoms with Crippen LogP contribution in [0.1, 0.15) is 60.8 Å². The van der Waals surface area contributed by atoms with Gasteiger partial charge in [-0.05, 0) is 55.0 Å². The van der Waals surface area contributed by atoms with E-state index in [2.05, 4.69) is 22.2 Å². The first-order chi connectivity index (χ1) is 22.3. The summed E-state index contributed by atoms with van der Waals surface area (Å²) in [5, 5.41) is 4.42. The minimum atomic E-state index is -0.697. The summed E-state index contributed by atoms with van der Waals surface area (Å²) >= 11 is 0. The molecular formula is C33H39N7O6. The molecule has 13 heteroatoms. The van der Waals surface area contributed by atoms with Gasteiger partial charge in [-0.25, -0.2) is 14.8 Å². The molecule has 0 radical (unpaired) electrons. The Labute approximate surface area is 267 Å². The molecule has 242 valence electrons. The number of hydrogen-bond acceptors (Lipinski definition) is 9. The van der Waals surface area contributed by atoms with Crippen LogP contribution in [0, 0.1) is 0 Å². The van der Waals surface area contributed by atoms with Gasteiger partial charge in [0.05, 0.1) is 44.3 Å². The summed E-state index contributed by atoms with van der Waals surface area (Å²) in [6.07, 6.45) is 4.82. The van der Waals surface area contributed by atoms with E-state index in [0.29, 0.717) is 29.8 Å².